The molecule has 2 rings (SSSR count). The van der Waals surface area contributed by atoms with E-state index in [0.717, 1.165) is 11.2 Å². The number of benzene rings is 1. The Bertz CT molecular complexity index is 251. The van der Waals surface area contributed by atoms with E-state index in [4.69, 9.17) is 0 Å². The first-order valence-corrected chi connectivity index (χ1v) is 5.17. The van der Waals surface area contributed by atoms with Crippen LogP contribution in [-0.4, -0.2) is 0 Å². The molecule has 1 aliphatic carbocycles. The number of hydrogen-bond donors (Lipinski definition) is 0. The van der Waals surface area contributed by atoms with Gasteiger partial charge in [-0.2, -0.15) is 0 Å². The fourth-order valence-electron chi connectivity index (χ4n) is 1.35. The highest BCUT2D eigenvalue weighted by molar-refractivity contribution is 9.08. The van der Waals surface area contributed by atoms with Crippen LogP contribution < -0.4 is 0 Å². The number of hydrogen-bond acceptors (Lipinski definition) is 0. The highest BCUT2D eigenvalue weighted by Crippen LogP contribution is 2.40. The third-order valence-electron chi connectivity index (χ3n) is 2.15. The number of halogens is 1. The van der Waals surface area contributed by atoms with Crippen LogP contribution in [0.2, 0.25) is 0 Å². The first-order chi connectivity index (χ1) is 5.40. The predicted octanol–water partition coefficient (Wildman–Crippen LogP) is 3.46. The molecule has 1 saturated carbocycles. The van der Waals surface area contributed by atoms with E-state index in [-0.39, 0.29) is 0 Å². The van der Waals surface area contributed by atoms with Gasteiger partial charge in [-0.05, 0) is 29.9 Å². The van der Waals surface area contributed by atoms with Crippen molar-refractivity contribution in [3.63, 3.8) is 0 Å². The Balaban J connectivity index is 2.26. The van der Waals surface area contributed by atoms with Crippen molar-refractivity contribution in [1.29, 1.82) is 0 Å². The molecule has 1 aromatic carbocycles. The highest BCUT2D eigenvalue weighted by atomic mass is 79.9. The summed E-state index contributed by atoms with van der Waals surface area (Å²) in [6, 6.07) is 8.88. The van der Waals surface area contributed by atoms with E-state index in [1.54, 1.807) is 0 Å². The molecule has 0 unspecified atom stereocenters. The molecule has 0 aromatic heterocycles. The molecule has 0 saturated heterocycles. The van der Waals surface area contributed by atoms with Gasteiger partial charge in [0.25, 0.3) is 0 Å². The summed E-state index contributed by atoms with van der Waals surface area (Å²) in [7, 11) is 0. The summed E-state index contributed by atoms with van der Waals surface area (Å²) in [5, 5.41) is 0.980. The van der Waals surface area contributed by atoms with Gasteiger partial charge in [0.1, 0.15) is 0 Å². The Morgan fingerprint density at radius 3 is 2.82 bits per heavy atom. The Kier molecular flexibility index (Phi) is 1.99. The summed E-state index contributed by atoms with van der Waals surface area (Å²) in [5.74, 6) is 0.883. The van der Waals surface area contributed by atoms with E-state index in [9.17, 15) is 0 Å². The molecule has 1 heteroatoms. The zero-order valence-corrected chi connectivity index (χ0v) is 7.97. The van der Waals surface area contributed by atoms with Crippen LogP contribution in [0.15, 0.2) is 24.3 Å². The maximum Gasteiger partial charge on any atom is 0.0283 e. The molecule has 0 heterocycles. The minimum Gasteiger partial charge on any atom is -0.0876 e. The molecule has 0 atom stereocenters. The van der Waals surface area contributed by atoms with Crippen LogP contribution in [0, 0.1) is 0 Å². The van der Waals surface area contributed by atoms with Gasteiger partial charge in [0.2, 0.25) is 0 Å². The Morgan fingerprint density at radius 2 is 2.18 bits per heavy atom. The zero-order chi connectivity index (χ0) is 7.68. The van der Waals surface area contributed by atoms with Crippen molar-refractivity contribution in [2.75, 3.05) is 0 Å². The lowest BCUT2D eigenvalue weighted by molar-refractivity contribution is 1.12. The maximum absolute atomic E-state index is 3.46. The molecule has 0 nitrogen and oxygen atoms in total. The molecular weight excluding hydrogens is 200 g/mol. The Labute approximate surface area is 75.8 Å². The minimum absolute atomic E-state index is 0.883. The first-order valence-electron chi connectivity index (χ1n) is 4.05. The fraction of sp³-hybridized carbons (Fsp3) is 0.400. The van der Waals surface area contributed by atoms with Crippen molar-refractivity contribution in [3.8, 4) is 0 Å². The quantitative estimate of drug-likeness (QED) is 0.657. The molecule has 0 amide bonds. The second kappa shape index (κ2) is 2.98. The molecule has 11 heavy (non-hydrogen) atoms. The summed E-state index contributed by atoms with van der Waals surface area (Å²) < 4.78 is 0. The number of alkyl halides is 1. The normalized spacial score (nSPS) is 16.8. The molecule has 0 radical (unpaired) electrons. The van der Waals surface area contributed by atoms with Gasteiger partial charge in [-0.15, -0.1) is 0 Å². The SMILES string of the molecule is BrCc1cccc(C2CC2)c1. The van der Waals surface area contributed by atoms with Crippen LogP contribution in [0.4, 0.5) is 0 Å². The monoisotopic (exact) mass is 210 g/mol. The third-order valence-corrected chi connectivity index (χ3v) is 2.80. The lowest BCUT2D eigenvalue weighted by Gasteiger charge is -1.99. The van der Waals surface area contributed by atoms with E-state index in [1.165, 1.54) is 24.0 Å². The largest absolute Gasteiger partial charge is 0.0876 e. The van der Waals surface area contributed by atoms with E-state index >= 15 is 0 Å². The van der Waals surface area contributed by atoms with Crippen LogP contribution in [-0.2, 0) is 5.33 Å². The average Bonchev–Trinajstić information content (AvgIpc) is 2.87. The van der Waals surface area contributed by atoms with E-state index in [2.05, 4.69) is 40.2 Å². The highest BCUT2D eigenvalue weighted by Gasteiger charge is 2.22. The fourth-order valence-corrected chi connectivity index (χ4v) is 1.70. The van der Waals surface area contributed by atoms with E-state index in [0.29, 0.717) is 0 Å². The van der Waals surface area contributed by atoms with Gasteiger partial charge in [-0.1, -0.05) is 40.2 Å². The lowest BCUT2D eigenvalue weighted by atomic mass is 10.1. The maximum atomic E-state index is 3.46. The Morgan fingerprint density at radius 1 is 1.36 bits per heavy atom. The van der Waals surface area contributed by atoms with Gasteiger partial charge in [0.15, 0.2) is 0 Å². The summed E-state index contributed by atoms with van der Waals surface area (Å²) >= 11 is 3.46. The predicted molar refractivity (Wildman–Crippen MR) is 51.0 cm³/mol. The van der Waals surface area contributed by atoms with Gasteiger partial charge in [-0.25, -0.2) is 0 Å². The standard InChI is InChI=1S/C10H11Br/c11-7-8-2-1-3-10(6-8)9-4-5-9/h1-3,6,9H,4-5,7H2. The van der Waals surface area contributed by atoms with E-state index in [1.807, 2.05) is 0 Å². The van der Waals surface area contributed by atoms with Crippen LogP contribution in [0.25, 0.3) is 0 Å². The summed E-state index contributed by atoms with van der Waals surface area (Å²) in [6.07, 6.45) is 2.79. The molecule has 1 aromatic rings. The van der Waals surface area contributed by atoms with Gasteiger partial charge in [0, 0.05) is 5.33 Å². The van der Waals surface area contributed by atoms with Crippen molar-refractivity contribution >= 4 is 15.9 Å². The smallest absolute Gasteiger partial charge is 0.0283 e. The molecule has 0 bridgehead atoms. The third kappa shape index (κ3) is 1.64. The number of rotatable bonds is 2. The van der Waals surface area contributed by atoms with Crippen molar-refractivity contribution in [2.24, 2.45) is 0 Å². The topological polar surface area (TPSA) is 0 Å². The first kappa shape index (κ1) is 7.35. The summed E-state index contributed by atoms with van der Waals surface area (Å²) in [6.45, 7) is 0. The van der Waals surface area contributed by atoms with Crippen molar-refractivity contribution < 1.29 is 0 Å². The van der Waals surface area contributed by atoms with E-state index < -0.39 is 0 Å². The molecule has 0 spiro atoms. The van der Waals surface area contributed by atoms with Crippen molar-refractivity contribution in [1.82, 2.24) is 0 Å². The van der Waals surface area contributed by atoms with Crippen molar-refractivity contribution in [2.45, 2.75) is 24.1 Å². The van der Waals surface area contributed by atoms with Crippen LogP contribution in [0.1, 0.15) is 29.9 Å². The molecule has 0 N–H and O–H groups in total. The van der Waals surface area contributed by atoms with Crippen LogP contribution >= 0.6 is 15.9 Å². The molecule has 1 aliphatic rings. The summed E-state index contributed by atoms with van der Waals surface area (Å²) in [4.78, 5) is 0. The van der Waals surface area contributed by atoms with Gasteiger partial charge < -0.3 is 0 Å². The van der Waals surface area contributed by atoms with Gasteiger partial charge in [0.05, 0.1) is 0 Å². The molecule has 58 valence electrons. The second-order valence-electron chi connectivity index (χ2n) is 3.15. The van der Waals surface area contributed by atoms with Crippen LogP contribution in [0.5, 0.6) is 0 Å². The average molecular weight is 211 g/mol. The zero-order valence-electron chi connectivity index (χ0n) is 6.39. The van der Waals surface area contributed by atoms with Crippen LogP contribution in [0.3, 0.4) is 0 Å². The van der Waals surface area contributed by atoms with Gasteiger partial charge in [-0.3, -0.25) is 0 Å². The molecule has 0 aliphatic heterocycles. The molecule has 1 fully saturated rings. The lowest BCUT2D eigenvalue weighted by Crippen LogP contribution is -1.81. The van der Waals surface area contributed by atoms with Gasteiger partial charge >= 0.3 is 0 Å². The van der Waals surface area contributed by atoms with Crippen molar-refractivity contribution in [3.05, 3.63) is 35.4 Å². The summed E-state index contributed by atoms with van der Waals surface area (Å²) in [5.41, 5.74) is 2.93. The minimum atomic E-state index is 0.883. The molecular formula is C10H11Br. The second-order valence-corrected chi connectivity index (χ2v) is 3.71. The Hall–Kier alpha value is -0.300.